The Hall–Kier alpha value is -0.870. The maximum absolute atomic E-state index is 12.6. The summed E-state index contributed by atoms with van der Waals surface area (Å²) in [7, 11) is 1.64. The summed E-state index contributed by atoms with van der Waals surface area (Å²) in [5.74, 6) is 1.59. The van der Waals surface area contributed by atoms with E-state index in [9.17, 15) is 4.79 Å². The number of rotatable bonds is 5. The molecule has 1 aromatic carbocycles. The monoisotopic (exact) mass is 339 g/mol. The van der Waals surface area contributed by atoms with Crippen molar-refractivity contribution in [2.75, 3.05) is 13.7 Å². The van der Waals surface area contributed by atoms with Crippen LogP contribution in [0.15, 0.2) is 22.7 Å². The minimum atomic E-state index is 0.131. The minimum Gasteiger partial charge on any atom is -0.497 e. The molecule has 110 valence electrons. The van der Waals surface area contributed by atoms with Crippen molar-refractivity contribution >= 4 is 21.7 Å². The predicted molar refractivity (Wildman–Crippen MR) is 83.9 cm³/mol. The van der Waals surface area contributed by atoms with Gasteiger partial charge in [-0.1, -0.05) is 28.8 Å². The highest BCUT2D eigenvalue weighted by molar-refractivity contribution is 9.10. The number of benzene rings is 1. The van der Waals surface area contributed by atoms with Gasteiger partial charge in [0.1, 0.15) is 11.5 Å². The maximum Gasteiger partial charge on any atom is 0.140 e. The first-order valence-corrected chi connectivity index (χ1v) is 8.00. The van der Waals surface area contributed by atoms with Gasteiger partial charge in [0.05, 0.1) is 7.11 Å². The Balaban J connectivity index is 2.10. The number of ether oxygens (including phenoxy) is 1. The van der Waals surface area contributed by atoms with E-state index in [4.69, 9.17) is 10.5 Å². The number of halogens is 1. The van der Waals surface area contributed by atoms with Crippen LogP contribution in [0.4, 0.5) is 0 Å². The summed E-state index contributed by atoms with van der Waals surface area (Å²) in [6.07, 6.45) is 4.88. The number of ketones is 1. The van der Waals surface area contributed by atoms with Crippen LogP contribution in [-0.2, 0) is 11.2 Å². The number of Topliss-reactive ketones (excluding diaryl/α,β-unsaturated/α-hetero) is 1. The molecule has 3 nitrogen and oxygen atoms in total. The molecule has 0 aliphatic heterocycles. The van der Waals surface area contributed by atoms with Crippen LogP contribution in [0.2, 0.25) is 0 Å². The van der Waals surface area contributed by atoms with Gasteiger partial charge in [0, 0.05) is 16.8 Å². The summed E-state index contributed by atoms with van der Waals surface area (Å²) in [5, 5.41) is 0. The van der Waals surface area contributed by atoms with Crippen LogP contribution < -0.4 is 10.5 Å². The van der Waals surface area contributed by atoms with Crippen molar-refractivity contribution in [1.29, 1.82) is 0 Å². The van der Waals surface area contributed by atoms with E-state index in [1.165, 1.54) is 6.42 Å². The van der Waals surface area contributed by atoms with Crippen LogP contribution in [0, 0.1) is 11.8 Å². The van der Waals surface area contributed by atoms with Crippen molar-refractivity contribution in [3.8, 4) is 5.75 Å². The van der Waals surface area contributed by atoms with E-state index in [0.717, 1.165) is 35.0 Å². The number of hydrogen-bond acceptors (Lipinski definition) is 3. The third-order valence-corrected chi connectivity index (χ3v) is 5.02. The van der Waals surface area contributed by atoms with Gasteiger partial charge in [0.2, 0.25) is 0 Å². The van der Waals surface area contributed by atoms with Gasteiger partial charge in [0.25, 0.3) is 0 Å². The molecular formula is C16H22BrNO2. The normalized spacial score (nSPS) is 22.6. The summed E-state index contributed by atoms with van der Waals surface area (Å²) in [4.78, 5) is 12.6. The van der Waals surface area contributed by atoms with Crippen molar-refractivity contribution in [3.05, 3.63) is 28.2 Å². The predicted octanol–water partition coefficient (Wildman–Crippen LogP) is 3.33. The molecule has 0 aromatic heterocycles. The van der Waals surface area contributed by atoms with E-state index < -0.39 is 0 Å². The first kappa shape index (κ1) is 15.5. The van der Waals surface area contributed by atoms with Crippen LogP contribution in [0.5, 0.6) is 5.75 Å². The van der Waals surface area contributed by atoms with E-state index in [1.807, 2.05) is 18.2 Å². The molecule has 0 saturated heterocycles. The van der Waals surface area contributed by atoms with E-state index in [0.29, 0.717) is 24.7 Å². The summed E-state index contributed by atoms with van der Waals surface area (Å²) in [6.45, 7) is 0.621. The smallest absolute Gasteiger partial charge is 0.140 e. The Labute approximate surface area is 129 Å². The highest BCUT2D eigenvalue weighted by Gasteiger charge is 2.29. The van der Waals surface area contributed by atoms with Gasteiger partial charge in [-0.3, -0.25) is 4.79 Å². The summed E-state index contributed by atoms with van der Waals surface area (Å²) in [5.41, 5.74) is 6.81. The highest BCUT2D eigenvalue weighted by Crippen LogP contribution is 2.32. The fourth-order valence-corrected chi connectivity index (χ4v) is 3.43. The second-order valence-corrected chi connectivity index (χ2v) is 6.34. The molecule has 1 aliphatic rings. The molecular weight excluding hydrogens is 318 g/mol. The number of nitrogens with two attached hydrogens (primary N) is 1. The molecule has 1 aliphatic carbocycles. The lowest BCUT2D eigenvalue weighted by molar-refractivity contribution is -0.124. The molecule has 0 bridgehead atoms. The van der Waals surface area contributed by atoms with Gasteiger partial charge >= 0.3 is 0 Å². The fraction of sp³-hybridized carbons (Fsp3) is 0.562. The quantitative estimate of drug-likeness (QED) is 0.894. The molecule has 1 aromatic rings. The summed E-state index contributed by atoms with van der Waals surface area (Å²) in [6, 6.07) is 5.76. The SMILES string of the molecule is COc1ccc(Br)c(CC(=O)C2CCCCC2CN)c1. The Morgan fingerprint density at radius 3 is 2.85 bits per heavy atom. The average Bonchev–Trinajstić information content (AvgIpc) is 2.49. The lowest BCUT2D eigenvalue weighted by Crippen LogP contribution is -2.33. The molecule has 2 N–H and O–H groups in total. The lowest BCUT2D eigenvalue weighted by Gasteiger charge is -2.29. The van der Waals surface area contributed by atoms with Crippen LogP contribution in [0.3, 0.4) is 0 Å². The molecule has 2 rings (SSSR count). The van der Waals surface area contributed by atoms with Gasteiger partial charge in [0.15, 0.2) is 0 Å². The second kappa shape index (κ2) is 7.23. The zero-order chi connectivity index (χ0) is 14.5. The second-order valence-electron chi connectivity index (χ2n) is 5.49. The van der Waals surface area contributed by atoms with Gasteiger partial charge < -0.3 is 10.5 Å². The number of carbonyl (C=O) groups excluding carboxylic acids is 1. The molecule has 1 saturated carbocycles. The topological polar surface area (TPSA) is 52.3 Å². The fourth-order valence-electron chi connectivity index (χ4n) is 3.05. The Morgan fingerprint density at radius 1 is 1.40 bits per heavy atom. The average molecular weight is 340 g/mol. The first-order valence-electron chi connectivity index (χ1n) is 7.21. The van der Waals surface area contributed by atoms with Crippen LogP contribution in [0.25, 0.3) is 0 Å². The van der Waals surface area contributed by atoms with Crippen molar-refractivity contribution in [2.45, 2.75) is 32.1 Å². The third kappa shape index (κ3) is 3.61. The van der Waals surface area contributed by atoms with E-state index in [-0.39, 0.29) is 5.92 Å². The molecule has 0 radical (unpaired) electrons. The van der Waals surface area contributed by atoms with Crippen LogP contribution in [0.1, 0.15) is 31.2 Å². The van der Waals surface area contributed by atoms with Gasteiger partial charge in [-0.25, -0.2) is 0 Å². The molecule has 2 atom stereocenters. The zero-order valence-corrected chi connectivity index (χ0v) is 13.5. The molecule has 4 heteroatoms. The molecule has 1 fully saturated rings. The van der Waals surface area contributed by atoms with Crippen LogP contribution >= 0.6 is 15.9 Å². The number of carbonyl (C=O) groups is 1. The van der Waals surface area contributed by atoms with Crippen LogP contribution in [-0.4, -0.2) is 19.4 Å². The number of methoxy groups -OCH3 is 1. The third-order valence-electron chi connectivity index (χ3n) is 4.24. The standard InChI is InChI=1S/C16H22BrNO2/c1-20-13-6-7-15(17)12(8-13)9-16(19)14-5-3-2-4-11(14)10-18/h6-8,11,14H,2-5,9-10,18H2,1H3. The summed E-state index contributed by atoms with van der Waals surface area (Å²) >= 11 is 3.51. The molecule has 0 heterocycles. The van der Waals surface area contributed by atoms with Gasteiger partial charge in [-0.15, -0.1) is 0 Å². The van der Waals surface area contributed by atoms with Crippen molar-refractivity contribution < 1.29 is 9.53 Å². The van der Waals surface area contributed by atoms with E-state index in [2.05, 4.69) is 15.9 Å². The van der Waals surface area contributed by atoms with Gasteiger partial charge in [-0.2, -0.15) is 0 Å². The summed E-state index contributed by atoms with van der Waals surface area (Å²) < 4.78 is 6.19. The Bertz CT molecular complexity index is 476. The Kier molecular flexibility index (Phi) is 5.61. The highest BCUT2D eigenvalue weighted by atomic mass is 79.9. The van der Waals surface area contributed by atoms with Crippen molar-refractivity contribution in [2.24, 2.45) is 17.6 Å². The largest absolute Gasteiger partial charge is 0.497 e. The number of hydrogen-bond donors (Lipinski definition) is 1. The van der Waals surface area contributed by atoms with Crippen molar-refractivity contribution in [3.63, 3.8) is 0 Å². The first-order chi connectivity index (χ1) is 9.65. The zero-order valence-electron chi connectivity index (χ0n) is 11.9. The minimum absolute atomic E-state index is 0.131. The molecule has 2 unspecified atom stereocenters. The van der Waals surface area contributed by atoms with E-state index >= 15 is 0 Å². The lowest BCUT2D eigenvalue weighted by atomic mass is 9.76. The van der Waals surface area contributed by atoms with Crippen molar-refractivity contribution in [1.82, 2.24) is 0 Å². The van der Waals surface area contributed by atoms with Gasteiger partial charge in [-0.05, 0) is 49.1 Å². The van der Waals surface area contributed by atoms with E-state index in [1.54, 1.807) is 7.11 Å². The maximum atomic E-state index is 12.6. The molecule has 0 spiro atoms. The molecule has 0 amide bonds. The molecule has 20 heavy (non-hydrogen) atoms. The Morgan fingerprint density at radius 2 is 2.15 bits per heavy atom.